The molecule has 38 heavy (non-hydrogen) atoms. The first-order chi connectivity index (χ1) is 18.1. The van der Waals surface area contributed by atoms with Crippen molar-refractivity contribution in [1.82, 2.24) is 25.4 Å². The summed E-state index contributed by atoms with van der Waals surface area (Å²) in [6.07, 6.45) is 0. The summed E-state index contributed by atoms with van der Waals surface area (Å²) in [7, 11) is 1.88. The first kappa shape index (κ1) is 25.3. The third-order valence-corrected chi connectivity index (χ3v) is 7.02. The fraction of sp³-hybridized carbons (Fsp3) is 0.259. The van der Waals surface area contributed by atoms with Crippen LogP contribution in [-0.2, 0) is 18.4 Å². The second-order valence-electron chi connectivity index (χ2n) is 9.36. The zero-order chi connectivity index (χ0) is 27.1. The summed E-state index contributed by atoms with van der Waals surface area (Å²) >= 11 is 6.66. The van der Waals surface area contributed by atoms with Crippen LogP contribution in [0.25, 0.3) is 11.1 Å². The molecule has 5 N–H and O–H groups in total. The molecule has 1 unspecified atom stereocenters. The SMILES string of the molecule is CC1=C(C(=O)NCc2c(C)nn(C)c2C)C(c2ccc(C)cc2Cl)N=C(Nc2nc3cccc(N)c3o2)N1. The number of nitrogens with one attached hydrogen (secondary N) is 3. The van der Waals surface area contributed by atoms with Gasteiger partial charge in [-0.3, -0.25) is 14.8 Å². The standard InChI is InChI=1S/C27H29ClN8O2/c1-13-9-10-17(19(28)11-13)23-22(25(37)30-12-18-14(2)35-36(5)16(18)4)15(3)31-26(33-23)34-27-32-21-8-6-7-20(29)24(21)38-27/h6-11,23H,12,29H2,1-5H3,(H,30,37)(H2,31,32,33,34). The monoisotopic (exact) mass is 532 g/mol. The molecule has 2 aromatic heterocycles. The number of halogens is 1. The molecule has 5 rings (SSSR count). The molecule has 0 radical (unpaired) electrons. The number of carbonyl (C=O) groups excluding carboxylic acids is 1. The van der Waals surface area contributed by atoms with Crippen LogP contribution in [0.1, 0.15) is 41.0 Å². The number of aryl methyl sites for hydroxylation is 3. The van der Waals surface area contributed by atoms with Crippen LogP contribution in [0.5, 0.6) is 0 Å². The number of nitrogen functional groups attached to an aromatic ring is 1. The smallest absolute Gasteiger partial charge is 0.302 e. The van der Waals surface area contributed by atoms with E-state index in [4.69, 9.17) is 26.7 Å². The van der Waals surface area contributed by atoms with Crippen LogP contribution in [0.2, 0.25) is 5.02 Å². The van der Waals surface area contributed by atoms with Gasteiger partial charge >= 0.3 is 6.01 Å². The summed E-state index contributed by atoms with van der Waals surface area (Å²) in [4.78, 5) is 22.8. The van der Waals surface area contributed by atoms with E-state index in [2.05, 4.69) is 26.0 Å². The van der Waals surface area contributed by atoms with Crippen LogP contribution in [0.3, 0.4) is 0 Å². The maximum atomic E-state index is 13.6. The van der Waals surface area contributed by atoms with Gasteiger partial charge in [-0.05, 0) is 51.5 Å². The van der Waals surface area contributed by atoms with E-state index in [1.165, 1.54) is 0 Å². The largest absolute Gasteiger partial charge is 0.421 e. The number of guanidine groups is 1. The van der Waals surface area contributed by atoms with Gasteiger partial charge in [0.25, 0.3) is 5.91 Å². The van der Waals surface area contributed by atoms with E-state index >= 15 is 0 Å². The predicted octanol–water partition coefficient (Wildman–Crippen LogP) is 4.42. The number of nitrogens with two attached hydrogens (primary N) is 1. The lowest BCUT2D eigenvalue weighted by Crippen LogP contribution is -2.39. The molecule has 3 heterocycles. The Morgan fingerprint density at radius 2 is 2.00 bits per heavy atom. The Balaban J connectivity index is 1.47. The Hall–Kier alpha value is -4.31. The van der Waals surface area contributed by atoms with Crippen molar-refractivity contribution in [2.75, 3.05) is 11.1 Å². The average Bonchev–Trinajstić information content (AvgIpc) is 3.37. The zero-order valence-corrected chi connectivity index (χ0v) is 22.6. The number of carbonyl (C=O) groups is 1. The quantitative estimate of drug-likeness (QED) is 0.279. The lowest BCUT2D eigenvalue weighted by molar-refractivity contribution is -0.118. The summed E-state index contributed by atoms with van der Waals surface area (Å²) in [5.74, 6) is 0.112. The Kier molecular flexibility index (Phi) is 6.58. The molecular weight excluding hydrogens is 504 g/mol. The molecule has 0 bridgehead atoms. The molecule has 1 aliphatic heterocycles. The number of aliphatic imine (C=N–C) groups is 1. The number of amides is 1. The second kappa shape index (κ2) is 9.86. The molecule has 10 nitrogen and oxygen atoms in total. The molecule has 1 atom stereocenters. The van der Waals surface area contributed by atoms with Gasteiger partial charge in [-0.15, -0.1) is 0 Å². The number of oxazole rings is 1. The van der Waals surface area contributed by atoms with Gasteiger partial charge < -0.3 is 20.8 Å². The van der Waals surface area contributed by atoms with Gasteiger partial charge in [0.2, 0.25) is 5.96 Å². The number of hydrogen-bond acceptors (Lipinski definition) is 8. The van der Waals surface area contributed by atoms with Crippen molar-refractivity contribution in [2.24, 2.45) is 12.0 Å². The van der Waals surface area contributed by atoms with Crippen LogP contribution in [0.4, 0.5) is 11.7 Å². The molecule has 0 spiro atoms. The molecule has 2 aromatic carbocycles. The van der Waals surface area contributed by atoms with Gasteiger partial charge in [0, 0.05) is 41.1 Å². The number of fused-ring (bicyclic) bond motifs is 1. The van der Waals surface area contributed by atoms with Crippen LogP contribution < -0.4 is 21.7 Å². The highest BCUT2D eigenvalue weighted by Crippen LogP contribution is 2.36. The number of hydrogen-bond donors (Lipinski definition) is 4. The molecule has 1 amide bonds. The first-order valence-electron chi connectivity index (χ1n) is 12.1. The summed E-state index contributed by atoms with van der Waals surface area (Å²) in [5, 5.41) is 14.3. The number of benzene rings is 2. The van der Waals surface area contributed by atoms with E-state index in [1.807, 2.05) is 65.1 Å². The molecule has 11 heteroatoms. The summed E-state index contributed by atoms with van der Waals surface area (Å²) in [6.45, 7) is 8.03. The Bertz CT molecular complexity index is 1630. The third kappa shape index (κ3) is 4.70. The number of rotatable bonds is 5. The molecule has 0 aliphatic carbocycles. The minimum absolute atomic E-state index is 0.223. The summed E-state index contributed by atoms with van der Waals surface area (Å²) < 4.78 is 7.61. The van der Waals surface area contributed by atoms with Gasteiger partial charge in [-0.1, -0.05) is 29.8 Å². The molecule has 0 saturated heterocycles. The van der Waals surface area contributed by atoms with Crippen LogP contribution >= 0.6 is 11.6 Å². The Morgan fingerprint density at radius 1 is 1.21 bits per heavy atom. The van der Waals surface area contributed by atoms with E-state index < -0.39 is 6.04 Å². The van der Waals surface area contributed by atoms with E-state index in [-0.39, 0.29) is 11.9 Å². The molecule has 4 aromatic rings. The topological polar surface area (TPSA) is 135 Å². The van der Waals surface area contributed by atoms with E-state index in [0.29, 0.717) is 51.1 Å². The first-order valence-corrected chi connectivity index (χ1v) is 12.5. The fourth-order valence-electron chi connectivity index (χ4n) is 4.58. The zero-order valence-electron chi connectivity index (χ0n) is 21.8. The van der Waals surface area contributed by atoms with E-state index in [0.717, 1.165) is 22.5 Å². The molecule has 1 aliphatic rings. The third-order valence-electron chi connectivity index (χ3n) is 6.69. The Morgan fingerprint density at radius 3 is 2.68 bits per heavy atom. The molecule has 0 saturated carbocycles. The van der Waals surface area contributed by atoms with Gasteiger partial charge in [-0.2, -0.15) is 10.1 Å². The van der Waals surface area contributed by atoms with Crippen molar-refractivity contribution in [3.63, 3.8) is 0 Å². The minimum Gasteiger partial charge on any atom is -0.421 e. The van der Waals surface area contributed by atoms with Crippen molar-refractivity contribution in [3.8, 4) is 0 Å². The average molecular weight is 533 g/mol. The van der Waals surface area contributed by atoms with Crippen molar-refractivity contribution in [1.29, 1.82) is 0 Å². The van der Waals surface area contributed by atoms with Gasteiger partial charge in [-0.25, -0.2) is 4.99 Å². The number of nitrogens with zero attached hydrogens (tertiary/aromatic N) is 4. The second-order valence-corrected chi connectivity index (χ2v) is 9.77. The van der Waals surface area contributed by atoms with Crippen LogP contribution in [0.15, 0.2) is 57.1 Å². The highest BCUT2D eigenvalue weighted by Gasteiger charge is 2.31. The Labute approximate surface area is 225 Å². The number of aromatic nitrogens is 3. The predicted molar refractivity (Wildman–Crippen MR) is 149 cm³/mol. The van der Waals surface area contributed by atoms with Crippen LogP contribution in [-0.4, -0.2) is 26.6 Å². The van der Waals surface area contributed by atoms with Gasteiger partial charge in [0.15, 0.2) is 5.58 Å². The van der Waals surface area contributed by atoms with Gasteiger partial charge in [0.1, 0.15) is 11.6 Å². The number of allylic oxidation sites excluding steroid dienone is 1. The maximum absolute atomic E-state index is 13.6. The molecular formula is C27H29ClN8O2. The number of anilines is 2. The van der Waals surface area contributed by atoms with Crippen molar-refractivity contribution >= 4 is 46.3 Å². The van der Waals surface area contributed by atoms with E-state index in [1.54, 1.807) is 10.7 Å². The van der Waals surface area contributed by atoms with Crippen molar-refractivity contribution < 1.29 is 9.21 Å². The summed E-state index contributed by atoms with van der Waals surface area (Å²) in [6, 6.07) is 10.6. The summed E-state index contributed by atoms with van der Waals surface area (Å²) in [5.41, 5.74) is 13.3. The fourth-order valence-corrected chi connectivity index (χ4v) is 4.91. The normalized spacial score (nSPS) is 15.4. The molecule has 0 fully saturated rings. The number of para-hydroxylation sites is 1. The van der Waals surface area contributed by atoms with Crippen molar-refractivity contribution in [2.45, 2.75) is 40.3 Å². The van der Waals surface area contributed by atoms with Gasteiger partial charge in [0.05, 0.1) is 17.0 Å². The highest BCUT2D eigenvalue weighted by atomic mass is 35.5. The highest BCUT2D eigenvalue weighted by molar-refractivity contribution is 6.31. The van der Waals surface area contributed by atoms with Crippen molar-refractivity contribution in [3.05, 3.63) is 80.8 Å². The molecule has 196 valence electrons. The van der Waals surface area contributed by atoms with Crippen LogP contribution in [0, 0.1) is 20.8 Å². The lowest BCUT2D eigenvalue weighted by atomic mass is 9.94. The van der Waals surface area contributed by atoms with E-state index in [9.17, 15) is 4.79 Å². The minimum atomic E-state index is -0.669. The lowest BCUT2D eigenvalue weighted by Gasteiger charge is -2.27. The maximum Gasteiger partial charge on any atom is 0.302 e.